The Morgan fingerprint density at radius 2 is 2.19 bits per heavy atom. The quantitative estimate of drug-likeness (QED) is 0.927. The maximum Gasteiger partial charge on any atom is 0.256 e. The van der Waals surface area contributed by atoms with Gasteiger partial charge in [0, 0.05) is 19.6 Å². The molecular formula is C15H18Cl2N2O2. The molecule has 1 saturated carbocycles. The topological polar surface area (TPSA) is 41.6 Å². The lowest BCUT2D eigenvalue weighted by atomic mass is 10.0. The number of ether oxygens (including phenoxy) is 1. The molecular weight excluding hydrogens is 311 g/mol. The Labute approximate surface area is 135 Å². The van der Waals surface area contributed by atoms with Crippen LogP contribution in [0.3, 0.4) is 0 Å². The van der Waals surface area contributed by atoms with E-state index in [4.69, 9.17) is 16.3 Å². The third kappa shape index (κ3) is 2.60. The van der Waals surface area contributed by atoms with Crippen LogP contribution in [0, 0.1) is 5.92 Å². The molecule has 4 nitrogen and oxygen atoms in total. The van der Waals surface area contributed by atoms with E-state index in [0.717, 1.165) is 37.6 Å². The van der Waals surface area contributed by atoms with Gasteiger partial charge in [-0.1, -0.05) is 11.6 Å². The third-order valence-corrected chi connectivity index (χ3v) is 4.65. The van der Waals surface area contributed by atoms with E-state index in [1.165, 1.54) is 12.8 Å². The van der Waals surface area contributed by atoms with Crippen LogP contribution in [-0.4, -0.2) is 37.0 Å². The average Bonchev–Trinajstić information content (AvgIpc) is 3.24. The number of hydrogen-bond donors (Lipinski definition) is 1. The fourth-order valence-corrected chi connectivity index (χ4v) is 3.34. The summed E-state index contributed by atoms with van der Waals surface area (Å²) in [4.78, 5) is 14.3. The van der Waals surface area contributed by atoms with E-state index >= 15 is 0 Å². The van der Waals surface area contributed by atoms with Crippen molar-refractivity contribution >= 4 is 29.9 Å². The SMILES string of the molecule is Cl.O=C1c2c(Cl)cc(OCC3CC3)cc2[C@@H]2CNCCN12. The van der Waals surface area contributed by atoms with Gasteiger partial charge in [0.25, 0.3) is 5.91 Å². The summed E-state index contributed by atoms with van der Waals surface area (Å²) < 4.78 is 5.82. The maximum absolute atomic E-state index is 12.4. The fourth-order valence-electron chi connectivity index (χ4n) is 3.04. The number of rotatable bonds is 3. The van der Waals surface area contributed by atoms with E-state index in [2.05, 4.69) is 5.32 Å². The molecule has 3 aliphatic rings. The summed E-state index contributed by atoms with van der Waals surface area (Å²) in [5.41, 5.74) is 1.68. The first-order chi connectivity index (χ1) is 9.74. The fraction of sp³-hybridized carbons (Fsp3) is 0.533. The first kappa shape index (κ1) is 14.9. The number of hydrogen-bond acceptors (Lipinski definition) is 3. The standard InChI is InChI=1S/C15H17ClN2O2.ClH/c16-12-6-10(20-8-9-1-2-9)5-11-13-7-17-3-4-18(13)15(19)14(11)12;/h5-6,9,13,17H,1-4,7-8H2;1H/t13-;/m0./s1. The highest BCUT2D eigenvalue weighted by Crippen LogP contribution is 2.41. The Balaban J connectivity index is 0.00000132. The van der Waals surface area contributed by atoms with Crippen LogP contribution in [0.5, 0.6) is 5.75 Å². The molecule has 2 aliphatic heterocycles. The van der Waals surface area contributed by atoms with Crippen molar-refractivity contribution < 1.29 is 9.53 Å². The molecule has 1 N–H and O–H groups in total. The maximum atomic E-state index is 12.4. The summed E-state index contributed by atoms with van der Waals surface area (Å²) >= 11 is 6.32. The zero-order valence-electron chi connectivity index (χ0n) is 11.6. The number of piperazine rings is 1. The Kier molecular flexibility index (Phi) is 4.04. The number of fused-ring (bicyclic) bond motifs is 3. The molecule has 0 aromatic heterocycles. The van der Waals surface area contributed by atoms with Crippen LogP contribution in [0.4, 0.5) is 0 Å². The summed E-state index contributed by atoms with van der Waals surface area (Å²) in [6.07, 6.45) is 2.52. The molecule has 2 heterocycles. The molecule has 2 fully saturated rings. The van der Waals surface area contributed by atoms with E-state index in [0.29, 0.717) is 16.5 Å². The average molecular weight is 329 g/mol. The molecule has 1 aromatic carbocycles. The normalized spacial score (nSPS) is 23.4. The summed E-state index contributed by atoms with van der Waals surface area (Å²) in [6, 6.07) is 3.89. The van der Waals surface area contributed by atoms with Crippen molar-refractivity contribution in [1.29, 1.82) is 0 Å². The van der Waals surface area contributed by atoms with Gasteiger partial charge in [-0.25, -0.2) is 0 Å². The van der Waals surface area contributed by atoms with Crippen LogP contribution in [0.25, 0.3) is 0 Å². The Bertz CT molecular complexity index is 575. The molecule has 114 valence electrons. The molecule has 1 aliphatic carbocycles. The van der Waals surface area contributed by atoms with Crippen LogP contribution < -0.4 is 10.1 Å². The lowest BCUT2D eigenvalue weighted by Gasteiger charge is -2.30. The Morgan fingerprint density at radius 1 is 1.38 bits per heavy atom. The van der Waals surface area contributed by atoms with E-state index in [1.807, 2.05) is 11.0 Å². The van der Waals surface area contributed by atoms with Gasteiger partial charge in [-0.15, -0.1) is 12.4 Å². The first-order valence-corrected chi connectivity index (χ1v) is 7.60. The van der Waals surface area contributed by atoms with Gasteiger partial charge in [0.2, 0.25) is 0 Å². The van der Waals surface area contributed by atoms with Crippen LogP contribution in [-0.2, 0) is 0 Å². The van der Waals surface area contributed by atoms with Gasteiger partial charge in [0.15, 0.2) is 0 Å². The second-order valence-corrected chi connectivity index (χ2v) is 6.25. The summed E-state index contributed by atoms with van der Waals surface area (Å²) in [5.74, 6) is 1.56. The Morgan fingerprint density at radius 3 is 2.95 bits per heavy atom. The summed E-state index contributed by atoms with van der Waals surface area (Å²) in [7, 11) is 0. The number of carbonyl (C=O) groups is 1. The van der Waals surface area contributed by atoms with Crippen molar-refractivity contribution in [2.75, 3.05) is 26.2 Å². The minimum atomic E-state index is 0. The van der Waals surface area contributed by atoms with E-state index in [1.54, 1.807) is 6.07 Å². The third-order valence-electron chi connectivity index (χ3n) is 4.35. The van der Waals surface area contributed by atoms with Crippen molar-refractivity contribution in [1.82, 2.24) is 10.2 Å². The van der Waals surface area contributed by atoms with Gasteiger partial charge in [-0.05, 0) is 36.5 Å². The molecule has 4 rings (SSSR count). The molecule has 21 heavy (non-hydrogen) atoms. The number of amides is 1. The monoisotopic (exact) mass is 328 g/mol. The molecule has 0 radical (unpaired) electrons. The van der Waals surface area contributed by atoms with E-state index in [9.17, 15) is 4.79 Å². The van der Waals surface area contributed by atoms with Crippen LogP contribution in [0.2, 0.25) is 5.02 Å². The predicted octanol–water partition coefficient (Wildman–Crippen LogP) is 2.65. The second kappa shape index (κ2) is 5.67. The molecule has 0 bridgehead atoms. The number of nitrogens with one attached hydrogen (secondary N) is 1. The summed E-state index contributed by atoms with van der Waals surface area (Å²) in [6.45, 7) is 3.14. The van der Waals surface area contributed by atoms with Gasteiger partial charge < -0.3 is 15.0 Å². The lowest BCUT2D eigenvalue weighted by Crippen LogP contribution is -2.44. The highest BCUT2D eigenvalue weighted by atomic mass is 35.5. The van der Waals surface area contributed by atoms with Crippen molar-refractivity contribution in [3.8, 4) is 5.75 Å². The number of nitrogens with zero attached hydrogens (tertiary/aromatic N) is 1. The molecule has 1 saturated heterocycles. The van der Waals surface area contributed by atoms with Gasteiger partial charge in [-0.2, -0.15) is 0 Å². The minimum absolute atomic E-state index is 0. The van der Waals surface area contributed by atoms with Crippen molar-refractivity contribution in [2.24, 2.45) is 5.92 Å². The summed E-state index contributed by atoms with van der Waals surface area (Å²) in [5, 5.41) is 3.86. The molecule has 1 amide bonds. The van der Waals surface area contributed by atoms with Crippen LogP contribution in [0.1, 0.15) is 34.8 Å². The van der Waals surface area contributed by atoms with Gasteiger partial charge in [-0.3, -0.25) is 4.79 Å². The highest BCUT2D eigenvalue weighted by molar-refractivity contribution is 6.34. The smallest absolute Gasteiger partial charge is 0.256 e. The minimum Gasteiger partial charge on any atom is -0.493 e. The molecule has 0 spiro atoms. The van der Waals surface area contributed by atoms with Crippen LogP contribution >= 0.6 is 24.0 Å². The van der Waals surface area contributed by atoms with Gasteiger partial charge in [0.1, 0.15) is 5.75 Å². The second-order valence-electron chi connectivity index (χ2n) is 5.84. The highest BCUT2D eigenvalue weighted by Gasteiger charge is 2.40. The molecule has 1 atom stereocenters. The lowest BCUT2D eigenvalue weighted by molar-refractivity contribution is 0.0691. The predicted molar refractivity (Wildman–Crippen MR) is 83.6 cm³/mol. The van der Waals surface area contributed by atoms with Crippen molar-refractivity contribution in [2.45, 2.75) is 18.9 Å². The van der Waals surface area contributed by atoms with Crippen molar-refractivity contribution in [3.05, 3.63) is 28.3 Å². The number of carbonyl (C=O) groups excluding carboxylic acids is 1. The molecule has 6 heteroatoms. The molecule has 0 unspecified atom stereocenters. The zero-order valence-corrected chi connectivity index (χ0v) is 13.2. The largest absolute Gasteiger partial charge is 0.493 e. The van der Waals surface area contributed by atoms with E-state index in [-0.39, 0.29) is 24.4 Å². The van der Waals surface area contributed by atoms with Gasteiger partial charge >= 0.3 is 0 Å². The van der Waals surface area contributed by atoms with E-state index < -0.39 is 0 Å². The zero-order chi connectivity index (χ0) is 13.7. The van der Waals surface area contributed by atoms with Gasteiger partial charge in [0.05, 0.1) is 23.2 Å². The van der Waals surface area contributed by atoms with Crippen molar-refractivity contribution in [3.63, 3.8) is 0 Å². The Hall–Kier alpha value is -0.970. The van der Waals surface area contributed by atoms with Crippen LogP contribution in [0.15, 0.2) is 12.1 Å². The number of benzene rings is 1. The molecule has 1 aromatic rings. The first-order valence-electron chi connectivity index (χ1n) is 7.22. The number of halogens is 2.